The van der Waals surface area contributed by atoms with Gasteiger partial charge in [-0.2, -0.15) is 0 Å². The normalized spacial score (nSPS) is 11.1. The van der Waals surface area contributed by atoms with E-state index in [-0.39, 0.29) is 12.6 Å². The summed E-state index contributed by atoms with van der Waals surface area (Å²) in [6, 6.07) is 30.2. The molecule has 0 amide bonds. The number of hydrogen-bond acceptors (Lipinski definition) is 4. The average Bonchev–Trinajstić information content (AvgIpc) is 3.00. The molecule has 3 aromatic carbocycles. The Morgan fingerprint density at radius 2 is 1.52 bits per heavy atom. The lowest BCUT2D eigenvalue weighted by Gasteiger charge is -2.22. The molecule has 2 aliphatic rings. The Morgan fingerprint density at radius 3 is 2.25 bits per heavy atom. The Bertz CT molecular complexity index is 1660. The predicted molar refractivity (Wildman–Crippen MR) is 164 cm³/mol. The summed E-state index contributed by atoms with van der Waals surface area (Å²) in [5, 5.41) is 2.07. The minimum Gasteiger partial charge on any atom is -0.457 e. The topological polar surface area (TPSA) is 45.7 Å². The molecule has 1 aliphatic heterocycles. The zero-order chi connectivity index (χ0) is 28.1. The molecule has 0 atom stereocenters. The second kappa shape index (κ2) is 12.2. The van der Waals surface area contributed by atoms with E-state index in [4.69, 9.17) is 9.15 Å². The van der Waals surface area contributed by atoms with Crippen molar-refractivity contribution in [3.63, 3.8) is 0 Å². The largest absolute Gasteiger partial charge is 0.457 e. The molecule has 0 saturated heterocycles. The second-order valence-electron chi connectivity index (χ2n) is 9.79. The minimum absolute atomic E-state index is 0.222. The van der Waals surface area contributed by atoms with Crippen molar-refractivity contribution in [3.05, 3.63) is 107 Å². The number of anilines is 1. The summed E-state index contributed by atoms with van der Waals surface area (Å²) in [5.41, 5.74) is 6.15. The number of nitrogens with zero attached hydrogens (tertiary/aromatic N) is 2. The molecule has 0 N–H and O–H groups in total. The Labute approximate surface area is 236 Å². The number of rotatable bonds is 9. The zero-order valence-corrected chi connectivity index (χ0v) is 23.8. The van der Waals surface area contributed by atoms with Crippen molar-refractivity contribution >= 4 is 22.6 Å². The zero-order valence-electron chi connectivity index (χ0n) is 23.8. The van der Waals surface area contributed by atoms with E-state index in [1.54, 1.807) is 0 Å². The van der Waals surface area contributed by atoms with Crippen LogP contribution in [0.25, 0.3) is 33.4 Å². The Morgan fingerprint density at radius 1 is 0.800 bits per heavy atom. The fourth-order valence-corrected chi connectivity index (χ4v) is 5.41. The van der Waals surface area contributed by atoms with Crippen LogP contribution in [0.1, 0.15) is 43.6 Å². The number of carbonyl (C=O) groups excluding carboxylic acids is 1. The molecule has 0 unspecified atom stereocenters. The van der Waals surface area contributed by atoms with Crippen LogP contribution >= 0.6 is 0 Å². The van der Waals surface area contributed by atoms with E-state index in [0.717, 1.165) is 76.2 Å². The van der Waals surface area contributed by atoms with Gasteiger partial charge in [-0.25, -0.2) is 9.37 Å². The van der Waals surface area contributed by atoms with Crippen LogP contribution in [0.5, 0.6) is 0 Å². The van der Waals surface area contributed by atoms with Gasteiger partial charge >= 0.3 is 5.97 Å². The number of carbonyl (C=O) groups is 1. The molecular weight excluding hydrogens is 496 g/mol. The molecule has 5 nitrogen and oxygen atoms in total. The van der Waals surface area contributed by atoms with Crippen LogP contribution < -0.4 is 14.8 Å². The van der Waals surface area contributed by atoms with Gasteiger partial charge in [0, 0.05) is 47.4 Å². The summed E-state index contributed by atoms with van der Waals surface area (Å²) in [6.45, 7) is 12.5. The third-order valence-electron chi connectivity index (χ3n) is 7.58. The summed E-state index contributed by atoms with van der Waals surface area (Å²) >= 11 is 0. The van der Waals surface area contributed by atoms with Gasteiger partial charge in [0.25, 0.3) is 0 Å². The number of ether oxygens (including phenoxy) is 1. The van der Waals surface area contributed by atoms with Crippen molar-refractivity contribution in [2.75, 3.05) is 31.1 Å². The molecule has 1 aliphatic carbocycles. The monoisotopic (exact) mass is 533 g/mol. The van der Waals surface area contributed by atoms with Crippen molar-refractivity contribution in [3.8, 4) is 22.5 Å². The fourth-order valence-electron chi connectivity index (χ4n) is 5.41. The van der Waals surface area contributed by atoms with Crippen LogP contribution in [-0.4, -0.2) is 32.1 Å². The lowest BCUT2D eigenvalue weighted by Crippen LogP contribution is -2.29. The Kier molecular flexibility index (Phi) is 8.30. The molecule has 1 heterocycles. The molecule has 5 heteroatoms. The Hall–Kier alpha value is -4.38. The van der Waals surface area contributed by atoms with E-state index in [1.807, 2.05) is 54.6 Å². The van der Waals surface area contributed by atoms with Gasteiger partial charge in [-0.05, 0) is 63.1 Å². The summed E-state index contributed by atoms with van der Waals surface area (Å²) in [4.78, 5) is 15.8. The molecule has 40 heavy (non-hydrogen) atoms. The molecule has 5 rings (SSSR count). The molecule has 0 fully saturated rings. The fraction of sp³-hybridized carbons (Fsp3) is 0.257. The van der Waals surface area contributed by atoms with E-state index in [9.17, 15) is 4.79 Å². The van der Waals surface area contributed by atoms with Gasteiger partial charge in [0.2, 0.25) is 5.36 Å². The quantitative estimate of drug-likeness (QED) is 0.114. The van der Waals surface area contributed by atoms with E-state index in [2.05, 4.69) is 73.6 Å². The maximum atomic E-state index is 13.5. The molecule has 0 radical (unpaired) electrons. The maximum Gasteiger partial charge on any atom is 0.339 e. The van der Waals surface area contributed by atoms with Crippen LogP contribution in [0.4, 0.5) is 5.69 Å². The van der Waals surface area contributed by atoms with Gasteiger partial charge < -0.3 is 14.1 Å². The van der Waals surface area contributed by atoms with Crippen LogP contribution in [0.15, 0.2) is 95.4 Å². The first-order chi connectivity index (χ1) is 19.6. The van der Waals surface area contributed by atoms with Gasteiger partial charge in [-0.1, -0.05) is 48.5 Å². The number of hydrogen-bond donors (Lipinski definition) is 0. The van der Waals surface area contributed by atoms with Gasteiger partial charge in [0.1, 0.15) is 31.0 Å². The third-order valence-corrected chi connectivity index (χ3v) is 7.58. The lowest BCUT2D eigenvalue weighted by atomic mass is 9.90. The highest BCUT2D eigenvalue weighted by atomic mass is 16.5. The summed E-state index contributed by atoms with van der Waals surface area (Å²) in [6.07, 6.45) is 0. The van der Waals surface area contributed by atoms with Crippen LogP contribution in [-0.2, 0) is 11.3 Å². The number of esters is 1. The van der Waals surface area contributed by atoms with Crippen molar-refractivity contribution in [2.24, 2.45) is 0 Å². The maximum absolute atomic E-state index is 13.5. The summed E-state index contributed by atoms with van der Waals surface area (Å²) in [5.74, 6) is 0.442. The third kappa shape index (κ3) is 5.37. The number of fused-ring (bicyclic) bond motifs is 2. The van der Waals surface area contributed by atoms with Gasteiger partial charge in [0.05, 0.1) is 11.6 Å². The van der Waals surface area contributed by atoms with E-state index in [1.165, 1.54) is 0 Å². The van der Waals surface area contributed by atoms with Gasteiger partial charge in [-0.3, -0.25) is 0 Å². The summed E-state index contributed by atoms with van der Waals surface area (Å²) in [7, 11) is 0. The highest BCUT2D eigenvalue weighted by Crippen LogP contribution is 2.42. The van der Waals surface area contributed by atoms with Gasteiger partial charge in [0.15, 0.2) is 0 Å². The molecule has 0 spiro atoms. The number of benzene rings is 4. The molecular formula is C35H37N2O3+. The Balaban J connectivity index is 1.72. The predicted octanol–water partition coefficient (Wildman–Crippen LogP) is 7.22. The SMILES string of the molecule is CCN(CC)c1ccc2c(-c3ccccc3C(=O)OCc3ccccc3)c3ccc(=[N+](CC)CC)cc-3oc2c1. The first kappa shape index (κ1) is 27.2. The molecule has 0 aromatic heterocycles. The van der Waals surface area contributed by atoms with E-state index < -0.39 is 0 Å². The minimum atomic E-state index is -0.346. The molecule has 3 aromatic rings. The highest BCUT2D eigenvalue weighted by molar-refractivity contribution is 6.08. The van der Waals surface area contributed by atoms with Gasteiger partial charge in [-0.15, -0.1) is 0 Å². The summed E-state index contributed by atoms with van der Waals surface area (Å²) < 4.78 is 14.7. The lowest BCUT2D eigenvalue weighted by molar-refractivity contribution is 0.0473. The van der Waals surface area contributed by atoms with Crippen molar-refractivity contribution in [1.82, 2.24) is 4.58 Å². The van der Waals surface area contributed by atoms with Crippen LogP contribution in [0.2, 0.25) is 0 Å². The molecule has 0 bridgehead atoms. The molecule has 0 saturated carbocycles. The average molecular weight is 534 g/mol. The first-order valence-electron chi connectivity index (χ1n) is 14.2. The van der Waals surface area contributed by atoms with E-state index in [0.29, 0.717) is 5.56 Å². The first-order valence-corrected chi connectivity index (χ1v) is 14.2. The standard InChI is InChI=1S/C35H37N2O3/c1-5-36(6-2)26-18-20-30-32(22-26)40-33-23-27(37(7-3)8-4)19-21-31(33)34(30)28-16-12-13-17-29(28)35(38)39-24-25-14-10-9-11-15-25/h9-23H,5-8,24H2,1-4H3/q+1. The van der Waals surface area contributed by atoms with Crippen molar-refractivity contribution < 1.29 is 13.9 Å². The second-order valence-corrected chi connectivity index (χ2v) is 9.79. The molecule has 204 valence electrons. The smallest absolute Gasteiger partial charge is 0.339 e. The highest BCUT2D eigenvalue weighted by Gasteiger charge is 2.23. The van der Waals surface area contributed by atoms with Crippen molar-refractivity contribution in [2.45, 2.75) is 34.3 Å². The van der Waals surface area contributed by atoms with E-state index >= 15 is 0 Å². The van der Waals surface area contributed by atoms with Crippen molar-refractivity contribution in [1.29, 1.82) is 0 Å². The van der Waals surface area contributed by atoms with Crippen LogP contribution in [0.3, 0.4) is 0 Å². The van der Waals surface area contributed by atoms with Crippen LogP contribution in [0, 0.1) is 0 Å².